The molecule has 0 aromatic carbocycles. The number of hydrogen-bond donors (Lipinski definition) is 12. The number of aliphatic hydroxyl groups is 5. The van der Waals surface area contributed by atoms with Gasteiger partial charge >= 0.3 is 25.7 Å². The monoisotopic (exact) mass is 587 g/mol. The van der Waals surface area contributed by atoms with E-state index < -0.39 is 75.2 Å². The second kappa shape index (κ2) is 15.7. The molecule has 0 amide bonds. The van der Waals surface area contributed by atoms with E-state index in [1.165, 1.54) is 12.7 Å². The van der Waals surface area contributed by atoms with Gasteiger partial charge in [0.05, 0.1) is 25.8 Å². The Balaban J connectivity index is 0.000000567. The van der Waals surface area contributed by atoms with Crippen LogP contribution in [-0.4, -0.2) is 131 Å². The van der Waals surface area contributed by atoms with Gasteiger partial charge in [0.2, 0.25) is 0 Å². The summed E-state index contributed by atoms with van der Waals surface area (Å²) in [6, 6.07) is 0. The summed E-state index contributed by atoms with van der Waals surface area (Å²) in [7, 11) is -4.80. The van der Waals surface area contributed by atoms with Crippen LogP contribution in [-0.2, 0) is 28.3 Å². The first-order valence-electron chi connectivity index (χ1n) is 10.0. The van der Waals surface area contributed by atoms with Crippen LogP contribution in [0.15, 0.2) is 12.7 Å². The van der Waals surface area contributed by atoms with Crippen molar-refractivity contribution in [2.24, 2.45) is 0 Å². The first kappa shape index (κ1) is 35.3. The number of hydrogen-bond acceptors (Lipinski definition) is 15. The second-order valence-corrected chi connectivity index (χ2v) is 8.54. The van der Waals surface area contributed by atoms with E-state index in [2.05, 4.69) is 24.5 Å². The van der Waals surface area contributed by atoms with E-state index in [4.69, 9.17) is 56.4 Å². The number of rotatable bonds is 12. The number of nitrogens with one attached hydrogen (secondary N) is 1. The van der Waals surface area contributed by atoms with Crippen molar-refractivity contribution in [3.05, 3.63) is 12.7 Å². The molecule has 4 atom stereocenters. The van der Waals surface area contributed by atoms with E-state index in [0.29, 0.717) is 17.0 Å². The Labute approximate surface area is 216 Å². The van der Waals surface area contributed by atoms with Crippen LogP contribution in [0.2, 0.25) is 0 Å². The zero-order chi connectivity index (χ0) is 30.6. The van der Waals surface area contributed by atoms with Crippen molar-refractivity contribution in [1.29, 1.82) is 0 Å². The lowest BCUT2D eigenvalue weighted by molar-refractivity contribution is -0.170. The van der Waals surface area contributed by atoms with Gasteiger partial charge in [-0.05, 0) is 0 Å². The summed E-state index contributed by atoms with van der Waals surface area (Å²) in [5.74, 6) is -4.59. The van der Waals surface area contributed by atoms with Crippen molar-refractivity contribution >= 4 is 49.0 Å². The van der Waals surface area contributed by atoms with E-state index in [0.717, 1.165) is 0 Å². The number of aromatic amines is 1. The lowest BCUT2D eigenvalue weighted by Gasteiger charge is -2.23. The number of carbonyl (C=O) groups is 4. The third-order valence-electron chi connectivity index (χ3n) is 4.18. The molecule has 0 saturated carbocycles. The minimum absolute atomic E-state index is 0.0650. The van der Waals surface area contributed by atoms with Gasteiger partial charge in [0.25, 0.3) is 0 Å². The Kier molecular flexibility index (Phi) is 14.2. The van der Waals surface area contributed by atoms with Crippen LogP contribution in [0.5, 0.6) is 0 Å². The van der Waals surface area contributed by atoms with E-state index in [1.807, 2.05) is 0 Å². The lowest BCUT2D eigenvalue weighted by atomic mass is 9.96. The Bertz CT molecular complexity index is 1140. The Morgan fingerprint density at radius 3 is 1.97 bits per heavy atom. The normalized spacial score (nSPS) is 14.4. The summed E-state index contributed by atoms with van der Waals surface area (Å²) in [5, 5.41) is 69.9. The summed E-state index contributed by atoms with van der Waals surface area (Å²) >= 11 is 0. The summed E-state index contributed by atoms with van der Waals surface area (Å²) in [6.07, 6.45) is -7.17. The van der Waals surface area contributed by atoms with Gasteiger partial charge in [-0.1, -0.05) is 0 Å². The molecular weight excluding hydrogens is 561 g/mol. The molecule has 21 nitrogen and oxygen atoms in total. The predicted molar refractivity (Wildman–Crippen MR) is 121 cm³/mol. The summed E-state index contributed by atoms with van der Waals surface area (Å²) in [4.78, 5) is 71.4. The van der Waals surface area contributed by atoms with Crippen LogP contribution in [0.1, 0.15) is 12.8 Å². The molecule has 39 heavy (non-hydrogen) atoms. The molecule has 2 aromatic rings. The number of nitrogens with zero attached hydrogens (tertiary/aromatic N) is 3. The van der Waals surface area contributed by atoms with E-state index >= 15 is 0 Å². The molecule has 220 valence electrons. The number of aliphatic carboxylic acids is 3. The van der Waals surface area contributed by atoms with Gasteiger partial charge in [-0.25, -0.2) is 24.3 Å². The number of imidazole rings is 1. The topological polar surface area (TPSA) is 377 Å². The van der Waals surface area contributed by atoms with Crippen molar-refractivity contribution in [3.63, 3.8) is 0 Å². The quantitative estimate of drug-likeness (QED) is 0.0820. The number of H-pyrrole nitrogens is 1. The van der Waals surface area contributed by atoms with Gasteiger partial charge < -0.3 is 66.2 Å². The SMILES string of the molecule is Nc1ncnc2nc[nH]c12.O=C(O)CC(O)(CC(=O)O)C(=O)O.O=C[C@H](O)[C@@H](O)[C@H](O)[C@H](O)COP(=O)(O)O. The molecule has 0 unspecified atom stereocenters. The van der Waals surface area contributed by atoms with Crippen molar-refractivity contribution in [2.45, 2.75) is 42.9 Å². The molecule has 22 heteroatoms. The molecule has 0 aliphatic carbocycles. The third kappa shape index (κ3) is 13.1. The molecule has 2 heterocycles. The minimum atomic E-state index is -4.80. The number of aromatic nitrogens is 4. The average Bonchev–Trinajstić information content (AvgIpc) is 3.30. The molecule has 13 N–H and O–H groups in total. The van der Waals surface area contributed by atoms with Crippen molar-refractivity contribution in [2.75, 3.05) is 12.3 Å². The van der Waals surface area contributed by atoms with Crippen molar-refractivity contribution in [3.8, 4) is 0 Å². The number of carboxylic acids is 3. The molecular formula is C17H26N5O16P. The molecule has 0 aliphatic rings. The smallest absolute Gasteiger partial charge is 0.469 e. The number of nitrogens with two attached hydrogens (primary N) is 1. The molecule has 0 radical (unpaired) electrons. The Hall–Kier alpha value is -3.66. The minimum Gasteiger partial charge on any atom is -0.481 e. The molecule has 0 spiro atoms. The molecule has 2 rings (SSSR count). The maximum Gasteiger partial charge on any atom is 0.469 e. The standard InChI is InChI=1S/C6H13O9P.C6H8O7.C5H5N5/c7-1-3(8)5(10)6(11)4(9)2-15-16(12,13)14;7-3(8)1-6(13,5(11)12)2-4(9)10;6-4-3-5(9-1-7-3)10-2-8-4/h1,3-6,8-11H,2H2,(H2,12,13,14);13H,1-2H2,(H,7,8)(H,9,10)(H,11,12);1-2H,(H3,6,7,8,9,10)/t3-,4+,5+,6+;;/m0../s1. The lowest BCUT2D eigenvalue weighted by Crippen LogP contribution is -2.46. The maximum absolute atomic E-state index is 10.3. The summed E-state index contributed by atoms with van der Waals surface area (Å²) in [6.45, 7) is -0.964. The van der Waals surface area contributed by atoms with Crippen molar-refractivity contribution in [1.82, 2.24) is 19.9 Å². The summed E-state index contributed by atoms with van der Waals surface area (Å²) in [5.41, 5.74) is 4.04. The number of carbonyl (C=O) groups excluding carboxylic acids is 1. The van der Waals surface area contributed by atoms with Gasteiger partial charge in [0, 0.05) is 0 Å². The molecule has 0 saturated heterocycles. The van der Waals surface area contributed by atoms with Crippen LogP contribution >= 0.6 is 7.82 Å². The molecule has 2 aromatic heterocycles. The van der Waals surface area contributed by atoms with Gasteiger partial charge in [-0.3, -0.25) is 14.1 Å². The Morgan fingerprint density at radius 1 is 1.03 bits per heavy atom. The number of phosphoric ester groups is 1. The highest BCUT2D eigenvalue weighted by Gasteiger charge is 2.40. The number of aliphatic hydroxyl groups excluding tert-OH is 4. The van der Waals surface area contributed by atoms with E-state index in [-0.39, 0.29) is 6.29 Å². The highest BCUT2D eigenvalue weighted by molar-refractivity contribution is 7.46. The van der Waals surface area contributed by atoms with Crippen LogP contribution in [0.4, 0.5) is 5.82 Å². The van der Waals surface area contributed by atoms with Gasteiger partial charge in [0.1, 0.15) is 36.3 Å². The first-order valence-corrected chi connectivity index (χ1v) is 11.5. The number of phosphoric acid groups is 1. The average molecular weight is 587 g/mol. The fourth-order valence-corrected chi connectivity index (χ4v) is 2.63. The van der Waals surface area contributed by atoms with Crippen LogP contribution < -0.4 is 5.73 Å². The number of carboxylic acid groups (broad SMARTS) is 3. The zero-order valence-corrected chi connectivity index (χ0v) is 20.3. The van der Waals surface area contributed by atoms with E-state index in [9.17, 15) is 23.7 Å². The summed E-state index contributed by atoms with van der Waals surface area (Å²) < 4.78 is 14.1. The number of anilines is 1. The second-order valence-electron chi connectivity index (χ2n) is 7.30. The van der Waals surface area contributed by atoms with Crippen LogP contribution in [0.3, 0.4) is 0 Å². The van der Waals surface area contributed by atoms with Crippen LogP contribution in [0.25, 0.3) is 11.2 Å². The first-order chi connectivity index (χ1) is 17.8. The van der Waals surface area contributed by atoms with Crippen LogP contribution in [0, 0.1) is 0 Å². The molecule has 0 bridgehead atoms. The highest BCUT2D eigenvalue weighted by Crippen LogP contribution is 2.35. The largest absolute Gasteiger partial charge is 0.481 e. The zero-order valence-electron chi connectivity index (χ0n) is 19.5. The van der Waals surface area contributed by atoms with E-state index in [1.54, 1.807) is 0 Å². The Morgan fingerprint density at radius 2 is 1.56 bits per heavy atom. The molecule has 0 aliphatic heterocycles. The fourth-order valence-electron chi connectivity index (χ4n) is 2.28. The third-order valence-corrected chi connectivity index (χ3v) is 4.67. The number of aldehydes is 1. The fraction of sp³-hybridized carbons (Fsp3) is 0.471. The predicted octanol–water partition coefficient (Wildman–Crippen LogP) is -4.58. The van der Waals surface area contributed by atoms with Gasteiger partial charge in [-0.2, -0.15) is 0 Å². The maximum atomic E-state index is 10.3. The number of fused-ring (bicyclic) bond motifs is 1. The van der Waals surface area contributed by atoms with Crippen molar-refractivity contribution < 1.29 is 78.9 Å². The van der Waals surface area contributed by atoms with Gasteiger partial charge in [-0.15, -0.1) is 0 Å². The number of nitrogen functional groups attached to an aromatic ring is 1. The highest BCUT2D eigenvalue weighted by atomic mass is 31.2. The van der Waals surface area contributed by atoms with Gasteiger partial charge in [0.15, 0.2) is 23.4 Å². The molecule has 0 fully saturated rings.